The van der Waals surface area contributed by atoms with Crippen LogP contribution >= 0.6 is 0 Å². The summed E-state index contributed by atoms with van der Waals surface area (Å²) in [5, 5.41) is 0. The standard InChI is InChI=1S/C12H14N4/c13-7-10-6-9-2-1-3-11(9)15-12(10)16-5-4-14-8-16/h4-6,8H,1-3,7,13H2. The average Bonchev–Trinajstić information content (AvgIpc) is 2.97. The lowest BCUT2D eigenvalue weighted by Gasteiger charge is -2.10. The zero-order chi connectivity index (χ0) is 11.0. The minimum atomic E-state index is 0.522. The van der Waals surface area contributed by atoms with Gasteiger partial charge in [-0.3, -0.25) is 4.57 Å². The number of aromatic nitrogens is 3. The molecule has 2 heterocycles. The summed E-state index contributed by atoms with van der Waals surface area (Å²) < 4.78 is 1.93. The lowest BCUT2D eigenvalue weighted by Crippen LogP contribution is -2.08. The molecule has 0 fully saturated rings. The number of hydrogen-bond acceptors (Lipinski definition) is 3. The highest BCUT2D eigenvalue weighted by molar-refractivity contribution is 5.41. The van der Waals surface area contributed by atoms with Gasteiger partial charge in [0.2, 0.25) is 0 Å². The third-order valence-corrected chi connectivity index (χ3v) is 3.08. The molecule has 4 heteroatoms. The number of nitrogens with two attached hydrogens (primary N) is 1. The maximum atomic E-state index is 5.78. The summed E-state index contributed by atoms with van der Waals surface area (Å²) in [5.74, 6) is 0.931. The number of pyridine rings is 1. The van der Waals surface area contributed by atoms with Crippen LogP contribution in [0.25, 0.3) is 5.82 Å². The van der Waals surface area contributed by atoms with Crippen LogP contribution in [0.4, 0.5) is 0 Å². The Hall–Kier alpha value is -1.68. The normalized spacial score (nSPS) is 14.1. The van der Waals surface area contributed by atoms with E-state index in [1.165, 1.54) is 17.7 Å². The molecule has 82 valence electrons. The molecule has 0 saturated carbocycles. The number of nitrogens with zero attached hydrogens (tertiary/aromatic N) is 3. The zero-order valence-corrected chi connectivity index (χ0v) is 9.06. The molecule has 2 aromatic heterocycles. The third-order valence-electron chi connectivity index (χ3n) is 3.08. The van der Waals surface area contributed by atoms with Crippen LogP contribution in [0.1, 0.15) is 23.2 Å². The highest BCUT2D eigenvalue weighted by Gasteiger charge is 2.16. The predicted molar refractivity (Wildman–Crippen MR) is 61.3 cm³/mol. The minimum absolute atomic E-state index is 0.522. The molecule has 0 saturated heterocycles. The van der Waals surface area contributed by atoms with Crippen molar-refractivity contribution in [3.8, 4) is 5.82 Å². The van der Waals surface area contributed by atoms with Gasteiger partial charge in [0, 0.05) is 30.2 Å². The van der Waals surface area contributed by atoms with E-state index < -0.39 is 0 Å². The van der Waals surface area contributed by atoms with E-state index in [1.54, 1.807) is 12.5 Å². The number of rotatable bonds is 2. The SMILES string of the molecule is NCc1cc2c(nc1-n1ccnc1)CCC2. The molecule has 0 unspecified atom stereocenters. The quantitative estimate of drug-likeness (QED) is 0.817. The summed E-state index contributed by atoms with van der Waals surface area (Å²) in [4.78, 5) is 8.76. The Morgan fingerprint density at radius 3 is 3.06 bits per heavy atom. The van der Waals surface area contributed by atoms with Gasteiger partial charge in [0.1, 0.15) is 12.1 Å². The maximum Gasteiger partial charge on any atom is 0.142 e. The van der Waals surface area contributed by atoms with Gasteiger partial charge in [-0.1, -0.05) is 0 Å². The highest BCUT2D eigenvalue weighted by atomic mass is 15.1. The molecule has 0 radical (unpaired) electrons. The van der Waals surface area contributed by atoms with Crippen molar-refractivity contribution in [1.29, 1.82) is 0 Å². The van der Waals surface area contributed by atoms with Gasteiger partial charge >= 0.3 is 0 Å². The maximum absolute atomic E-state index is 5.78. The Kier molecular flexibility index (Phi) is 2.22. The number of hydrogen-bond donors (Lipinski definition) is 1. The molecule has 2 aromatic rings. The molecule has 0 aromatic carbocycles. The van der Waals surface area contributed by atoms with Crippen molar-refractivity contribution < 1.29 is 0 Å². The van der Waals surface area contributed by atoms with Gasteiger partial charge in [0.25, 0.3) is 0 Å². The van der Waals surface area contributed by atoms with E-state index in [2.05, 4.69) is 11.1 Å². The van der Waals surface area contributed by atoms with Crippen LogP contribution in [0.2, 0.25) is 0 Å². The lowest BCUT2D eigenvalue weighted by atomic mass is 10.1. The fraction of sp³-hybridized carbons (Fsp3) is 0.333. The Labute approximate surface area is 94.1 Å². The molecule has 2 N–H and O–H groups in total. The van der Waals surface area contributed by atoms with Gasteiger partial charge in [0.15, 0.2) is 0 Å². The van der Waals surface area contributed by atoms with Crippen LogP contribution in [0, 0.1) is 0 Å². The van der Waals surface area contributed by atoms with Gasteiger partial charge in [-0.25, -0.2) is 9.97 Å². The summed E-state index contributed by atoms with van der Waals surface area (Å²) in [6.45, 7) is 0.522. The van der Waals surface area contributed by atoms with Gasteiger partial charge in [-0.15, -0.1) is 0 Å². The molecule has 0 aliphatic heterocycles. The lowest BCUT2D eigenvalue weighted by molar-refractivity contribution is 0.883. The van der Waals surface area contributed by atoms with Crippen LogP contribution < -0.4 is 5.73 Å². The first-order chi connectivity index (χ1) is 7.88. The second-order valence-electron chi connectivity index (χ2n) is 4.10. The number of fused-ring (bicyclic) bond motifs is 1. The molecular formula is C12H14N4. The summed E-state index contributed by atoms with van der Waals surface area (Å²) in [5.41, 5.74) is 9.46. The fourth-order valence-electron chi connectivity index (χ4n) is 2.27. The molecule has 16 heavy (non-hydrogen) atoms. The van der Waals surface area contributed by atoms with Crippen molar-refractivity contribution in [3.63, 3.8) is 0 Å². The van der Waals surface area contributed by atoms with Crippen LogP contribution in [0.5, 0.6) is 0 Å². The van der Waals surface area contributed by atoms with Crippen LogP contribution in [0.15, 0.2) is 24.8 Å². The minimum Gasteiger partial charge on any atom is -0.326 e. The second-order valence-corrected chi connectivity index (χ2v) is 4.10. The highest BCUT2D eigenvalue weighted by Crippen LogP contribution is 2.24. The van der Waals surface area contributed by atoms with E-state index in [4.69, 9.17) is 10.7 Å². The van der Waals surface area contributed by atoms with Crippen molar-refractivity contribution in [2.75, 3.05) is 0 Å². The first kappa shape index (κ1) is 9.54. The van der Waals surface area contributed by atoms with E-state index in [9.17, 15) is 0 Å². The first-order valence-corrected chi connectivity index (χ1v) is 5.58. The average molecular weight is 214 g/mol. The van der Waals surface area contributed by atoms with Crippen molar-refractivity contribution in [3.05, 3.63) is 41.6 Å². The molecule has 4 nitrogen and oxygen atoms in total. The molecule has 0 atom stereocenters. The van der Waals surface area contributed by atoms with E-state index in [1.807, 2.05) is 10.8 Å². The van der Waals surface area contributed by atoms with E-state index in [0.29, 0.717) is 6.54 Å². The van der Waals surface area contributed by atoms with Crippen LogP contribution in [0.3, 0.4) is 0 Å². The van der Waals surface area contributed by atoms with E-state index in [0.717, 1.165) is 24.2 Å². The Balaban J connectivity index is 2.17. The van der Waals surface area contributed by atoms with Gasteiger partial charge in [0.05, 0.1) is 0 Å². The van der Waals surface area contributed by atoms with E-state index in [-0.39, 0.29) is 0 Å². The van der Waals surface area contributed by atoms with Crippen molar-refractivity contribution in [1.82, 2.24) is 14.5 Å². The van der Waals surface area contributed by atoms with Crippen molar-refractivity contribution in [2.45, 2.75) is 25.8 Å². The molecule has 3 rings (SSSR count). The Morgan fingerprint density at radius 1 is 1.38 bits per heavy atom. The van der Waals surface area contributed by atoms with Crippen LogP contribution in [-0.2, 0) is 19.4 Å². The van der Waals surface area contributed by atoms with Gasteiger partial charge in [-0.2, -0.15) is 0 Å². The monoisotopic (exact) mass is 214 g/mol. The summed E-state index contributed by atoms with van der Waals surface area (Å²) >= 11 is 0. The number of imidazole rings is 1. The molecular weight excluding hydrogens is 200 g/mol. The Morgan fingerprint density at radius 2 is 2.31 bits per heavy atom. The number of aryl methyl sites for hydroxylation is 2. The third kappa shape index (κ3) is 1.42. The van der Waals surface area contributed by atoms with Gasteiger partial charge in [-0.05, 0) is 30.9 Å². The molecule has 0 amide bonds. The topological polar surface area (TPSA) is 56.7 Å². The summed E-state index contributed by atoms with van der Waals surface area (Å²) in [6.07, 6.45) is 8.86. The van der Waals surface area contributed by atoms with Crippen molar-refractivity contribution in [2.24, 2.45) is 5.73 Å². The first-order valence-electron chi connectivity index (χ1n) is 5.58. The summed E-state index contributed by atoms with van der Waals surface area (Å²) in [6, 6.07) is 2.20. The van der Waals surface area contributed by atoms with Crippen molar-refractivity contribution >= 4 is 0 Å². The van der Waals surface area contributed by atoms with Gasteiger partial charge < -0.3 is 5.73 Å². The fourth-order valence-corrected chi connectivity index (χ4v) is 2.27. The molecule has 0 bridgehead atoms. The molecule has 1 aliphatic rings. The smallest absolute Gasteiger partial charge is 0.142 e. The molecule has 0 spiro atoms. The summed E-state index contributed by atoms with van der Waals surface area (Å²) in [7, 11) is 0. The second kappa shape index (κ2) is 3.72. The largest absolute Gasteiger partial charge is 0.326 e. The zero-order valence-electron chi connectivity index (χ0n) is 9.06. The predicted octanol–water partition coefficient (Wildman–Crippen LogP) is 1.21. The van der Waals surface area contributed by atoms with Crippen LogP contribution in [-0.4, -0.2) is 14.5 Å². The molecule has 1 aliphatic carbocycles. The van der Waals surface area contributed by atoms with E-state index >= 15 is 0 Å². The Bertz CT molecular complexity index is 502.